The predicted molar refractivity (Wildman–Crippen MR) is 66.6 cm³/mol. The van der Waals surface area contributed by atoms with E-state index in [1.54, 1.807) is 6.92 Å². The van der Waals surface area contributed by atoms with E-state index < -0.39 is 0 Å². The zero-order valence-corrected chi connectivity index (χ0v) is 10.8. The Kier molecular flexibility index (Phi) is 5.12. The van der Waals surface area contributed by atoms with Crippen molar-refractivity contribution >= 4 is 33.4 Å². The van der Waals surface area contributed by atoms with Crippen LogP contribution in [-0.4, -0.2) is 17.3 Å². The van der Waals surface area contributed by atoms with Crippen molar-refractivity contribution in [2.24, 2.45) is 0 Å². The van der Waals surface area contributed by atoms with Crippen LogP contribution in [0.25, 0.3) is 0 Å². The predicted octanol–water partition coefficient (Wildman–Crippen LogP) is 2.78. The van der Waals surface area contributed by atoms with E-state index in [9.17, 15) is 4.79 Å². The molecule has 0 bridgehead atoms. The molecule has 1 amide bonds. The second-order valence-electron chi connectivity index (χ2n) is 3.28. The van der Waals surface area contributed by atoms with Crippen molar-refractivity contribution < 1.29 is 4.79 Å². The van der Waals surface area contributed by atoms with Gasteiger partial charge in [0, 0.05) is 11.6 Å². The lowest BCUT2D eigenvalue weighted by atomic mass is 10.1. The zero-order valence-electron chi connectivity index (χ0n) is 8.47. The number of carbonyl (C=O) groups excluding carboxylic acids is 1. The summed E-state index contributed by atoms with van der Waals surface area (Å²) in [4.78, 5) is 11.1. The number of amides is 1. The Bertz CT molecular complexity index is 324. The molecule has 1 atom stereocenters. The molecule has 0 aliphatic rings. The van der Waals surface area contributed by atoms with Gasteiger partial charge < -0.3 is 5.32 Å². The van der Waals surface area contributed by atoms with Crippen molar-refractivity contribution in [2.45, 2.75) is 18.2 Å². The van der Waals surface area contributed by atoms with Gasteiger partial charge in [0.25, 0.3) is 0 Å². The number of halogens is 2. The summed E-state index contributed by atoms with van der Waals surface area (Å²) >= 11 is 8.97. The lowest BCUT2D eigenvalue weighted by Crippen LogP contribution is -2.30. The molecule has 0 aliphatic heterocycles. The lowest BCUT2D eigenvalue weighted by molar-refractivity contribution is -0.120. The number of benzene rings is 1. The third kappa shape index (κ3) is 4.67. The fraction of sp³-hybridized carbons (Fsp3) is 0.364. The molecule has 0 saturated heterocycles. The minimum atomic E-state index is -0.136. The number of alkyl halides is 1. The Balaban J connectivity index is 2.32. The molecule has 82 valence electrons. The Hall–Kier alpha value is -0.540. The summed E-state index contributed by atoms with van der Waals surface area (Å²) in [6.07, 6.45) is 0.822. The molecule has 1 aromatic carbocycles. The van der Waals surface area contributed by atoms with Crippen molar-refractivity contribution in [1.29, 1.82) is 0 Å². The topological polar surface area (TPSA) is 29.1 Å². The van der Waals surface area contributed by atoms with Gasteiger partial charge in [-0.2, -0.15) is 0 Å². The molecule has 1 N–H and O–H groups in total. The molecule has 0 aromatic heterocycles. The van der Waals surface area contributed by atoms with Gasteiger partial charge in [0.05, 0.1) is 4.83 Å². The molecule has 2 nitrogen and oxygen atoms in total. The maximum atomic E-state index is 11.2. The van der Waals surface area contributed by atoms with Crippen molar-refractivity contribution in [2.75, 3.05) is 6.54 Å². The first kappa shape index (κ1) is 12.5. The van der Waals surface area contributed by atoms with E-state index in [0.717, 1.165) is 11.4 Å². The summed E-state index contributed by atoms with van der Waals surface area (Å²) in [6.45, 7) is 2.45. The molecule has 0 heterocycles. The van der Waals surface area contributed by atoms with Crippen LogP contribution in [0.4, 0.5) is 0 Å². The van der Waals surface area contributed by atoms with Crippen LogP contribution in [0, 0.1) is 0 Å². The fourth-order valence-electron chi connectivity index (χ4n) is 1.12. The first-order valence-electron chi connectivity index (χ1n) is 4.76. The van der Waals surface area contributed by atoms with Crippen molar-refractivity contribution in [3.8, 4) is 0 Å². The molecular weight excluding hydrogens is 277 g/mol. The molecule has 0 spiro atoms. The largest absolute Gasteiger partial charge is 0.355 e. The number of nitrogens with one attached hydrogen (secondary N) is 1. The van der Waals surface area contributed by atoms with Crippen LogP contribution >= 0.6 is 27.5 Å². The number of hydrogen-bond acceptors (Lipinski definition) is 1. The average molecular weight is 291 g/mol. The second-order valence-corrected chi connectivity index (χ2v) is 5.09. The van der Waals surface area contributed by atoms with Gasteiger partial charge in [0.1, 0.15) is 0 Å². The van der Waals surface area contributed by atoms with Crippen LogP contribution in [0.15, 0.2) is 24.3 Å². The summed E-state index contributed by atoms with van der Waals surface area (Å²) in [5.41, 5.74) is 1.17. The molecular formula is C11H13BrClNO. The summed E-state index contributed by atoms with van der Waals surface area (Å²) in [5.74, 6) is 0.0176. The maximum Gasteiger partial charge on any atom is 0.233 e. The highest BCUT2D eigenvalue weighted by Crippen LogP contribution is 2.09. The minimum absolute atomic E-state index is 0.0176. The Morgan fingerprint density at radius 3 is 2.60 bits per heavy atom. The van der Waals surface area contributed by atoms with E-state index in [4.69, 9.17) is 11.6 Å². The highest BCUT2D eigenvalue weighted by atomic mass is 79.9. The first-order valence-corrected chi connectivity index (χ1v) is 6.05. The summed E-state index contributed by atoms with van der Waals surface area (Å²) in [5, 5.41) is 3.56. The fourth-order valence-corrected chi connectivity index (χ4v) is 1.41. The van der Waals surface area contributed by atoms with Gasteiger partial charge in [0.2, 0.25) is 5.91 Å². The lowest BCUT2D eigenvalue weighted by Gasteiger charge is -2.06. The standard InChI is InChI=1S/C11H13BrClNO/c1-8(12)11(15)14-7-6-9-2-4-10(13)5-3-9/h2-5,8H,6-7H2,1H3,(H,14,15)/t8-/m1/s1. The van der Waals surface area contributed by atoms with E-state index in [2.05, 4.69) is 21.2 Å². The smallest absolute Gasteiger partial charge is 0.233 e. The molecule has 15 heavy (non-hydrogen) atoms. The molecule has 1 aromatic rings. The van der Waals surface area contributed by atoms with Crippen molar-refractivity contribution in [3.05, 3.63) is 34.9 Å². The second kappa shape index (κ2) is 6.13. The Labute approximate surface area is 103 Å². The highest BCUT2D eigenvalue weighted by molar-refractivity contribution is 9.10. The van der Waals surface area contributed by atoms with E-state index in [-0.39, 0.29) is 10.7 Å². The molecule has 0 unspecified atom stereocenters. The minimum Gasteiger partial charge on any atom is -0.355 e. The maximum absolute atomic E-state index is 11.2. The van der Waals surface area contributed by atoms with Crippen LogP contribution in [0.2, 0.25) is 5.02 Å². The number of rotatable bonds is 4. The van der Waals surface area contributed by atoms with Crippen molar-refractivity contribution in [3.63, 3.8) is 0 Å². The van der Waals surface area contributed by atoms with Gasteiger partial charge >= 0.3 is 0 Å². The van der Waals surface area contributed by atoms with E-state index in [1.807, 2.05) is 24.3 Å². The zero-order chi connectivity index (χ0) is 11.3. The quantitative estimate of drug-likeness (QED) is 0.849. The monoisotopic (exact) mass is 289 g/mol. The number of hydrogen-bond donors (Lipinski definition) is 1. The third-order valence-electron chi connectivity index (χ3n) is 1.99. The van der Waals surface area contributed by atoms with Crippen LogP contribution in [0.3, 0.4) is 0 Å². The molecule has 0 radical (unpaired) electrons. The molecule has 1 rings (SSSR count). The molecule has 0 fully saturated rings. The van der Waals surface area contributed by atoms with Crippen LogP contribution in [0.5, 0.6) is 0 Å². The van der Waals surface area contributed by atoms with E-state index in [0.29, 0.717) is 6.54 Å². The van der Waals surface area contributed by atoms with Gasteiger partial charge in [-0.3, -0.25) is 4.79 Å². The molecule has 0 aliphatic carbocycles. The number of carbonyl (C=O) groups is 1. The summed E-state index contributed by atoms with van der Waals surface area (Å²) in [7, 11) is 0. The van der Waals surface area contributed by atoms with Gasteiger partial charge in [-0.05, 0) is 31.0 Å². The van der Waals surface area contributed by atoms with Gasteiger partial charge in [-0.1, -0.05) is 39.7 Å². The van der Waals surface area contributed by atoms with Gasteiger partial charge in [0.15, 0.2) is 0 Å². The van der Waals surface area contributed by atoms with Crippen molar-refractivity contribution in [1.82, 2.24) is 5.32 Å². The highest BCUT2D eigenvalue weighted by Gasteiger charge is 2.06. The Morgan fingerprint density at radius 2 is 2.07 bits per heavy atom. The first-order chi connectivity index (χ1) is 7.09. The third-order valence-corrected chi connectivity index (χ3v) is 2.66. The van der Waals surface area contributed by atoms with Gasteiger partial charge in [-0.15, -0.1) is 0 Å². The van der Waals surface area contributed by atoms with Crippen LogP contribution in [-0.2, 0) is 11.2 Å². The van der Waals surface area contributed by atoms with Gasteiger partial charge in [-0.25, -0.2) is 0 Å². The van der Waals surface area contributed by atoms with Crippen LogP contribution < -0.4 is 5.32 Å². The Morgan fingerprint density at radius 1 is 1.47 bits per heavy atom. The van der Waals surface area contributed by atoms with E-state index >= 15 is 0 Å². The molecule has 4 heteroatoms. The SMILES string of the molecule is C[C@@H](Br)C(=O)NCCc1ccc(Cl)cc1. The average Bonchev–Trinajstić information content (AvgIpc) is 2.20. The van der Waals surface area contributed by atoms with E-state index in [1.165, 1.54) is 5.56 Å². The summed E-state index contributed by atoms with van der Waals surface area (Å²) < 4.78 is 0. The molecule has 0 saturated carbocycles. The normalized spacial score (nSPS) is 12.2. The van der Waals surface area contributed by atoms with Crippen LogP contribution in [0.1, 0.15) is 12.5 Å². The summed E-state index contributed by atoms with van der Waals surface area (Å²) in [6, 6.07) is 7.63.